The summed E-state index contributed by atoms with van der Waals surface area (Å²) in [5.41, 5.74) is 2.05. The second-order valence-electron chi connectivity index (χ2n) is 4.09. The number of aromatic hydroxyl groups is 1. The van der Waals surface area contributed by atoms with E-state index in [-0.39, 0.29) is 5.75 Å². The standard InChI is InChI=1S/C16H13NO2/c1-12-7-9-14(15(18)11-12)17-16(19)10-8-13-5-3-2-4-6-13/h2-7,9,11,18H,1H3,(H,17,19). The quantitative estimate of drug-likeness (QED) is 0.604. The number of phenols is 1. The van der Waals surface area contributed by atoms with Crippen LogP contribution in [0.4, 0.5) is 5.69 Å². The van der Waals surface area contributed by atoms with E-state index in [2.05, 4.69) is 17.2 Å². The van der Waals surface area contributed by atoms with Gasteiger partial charge in [-0.3, -0.25) is 4.79 Å². The van der Waals surface area contributed by atoms with Gasteiger partial charge < -0.3 is 10.4 Å². The molecule has 0 saturated heterocycles. The molecule has 1 amide bonds. The van der Waals surface area contributed by atoms with Crippen molar-refractivity contribution in [2.24, 2.45) is 0 Å². The molecule has 3 heteroatoms. The van der Waals surface area contributed by atoms with E-state index < -0.39 is 5.91 Å². The molecular formula is C16H13NO2. The van der Waals surface area contributed by atoms with Crippen LogP contribution in [-0.2, 0) is 4.79 Å². The van der Waals surface area contributed by atoms with Crippen LogP contribution in [0.25, 0.3) is 0 Å². The highest BCUT2D eigenvalue weighted by atomic mass is 16.3. The van der Waals surface area contributed by atoms with Crippen molar-refractivity contribution in [2.75, 3.05) is 5.32 Å². The second-order valence-corrected chi connectivity index (χ2v) is 4.09. The maximum absolute atomic E-state index is 11.6. The van der Waals surface area contributed by atoms with Gasteiger partial charge in [-0.2, -0.15) is 0 Å². The Morgan fingerprint density at radius 1 is 1.16 bits per heavy atom. The molecule has 0 bridgehead atoms. The second kappa shape index (κ2) is 5.74. The smallest absolute Gasteiger partial charge is 0.300 e. The third-order valence-corrected chi connectivity index (χ3v) is 2.50. The van der Waals surface area contributed by atoms with Crippen molar-refractivity contribution in [2.45, 2.75) is 6.92 Å². The van der Waals surface area contributed by atoms with E-state index in [1.807, 2.05) is 37.3 Å². The van der Waals surface area contributed by atoms with E-state index in [9.17, 15) is 9.90 Å². The number of phenolic OH excluding ortho intramolecular Hbond substituents is 1. The van der Waals surface area contributed by atoms with E-state index in [1.54, 1.807) is 18.2 Å². The summed E-state index contributed by atoms with van der Waals surface area (Å²) in [7, 11) is 0. The van der Waals surface area contributed by atoms with E-state index in [0.717, 1.165) is 11.1 Å². The minimum atomic E-state index is -0.456. The number of amides is 1. The van der Waals surface area contributed by atoms with Crippen molar-refractivity contribution < 1.29 is 9.90 Å². The van der Waals surface area contributed by atoms with Gasteiger partial charge in [0.15, 0.2) is 0 Å². The van der Waals surface area contributed by atoms with Gasteiger partial charge >= 0.3 is 5.91 Å². The molecule has 94 valence electrons. The molecule has 3 nitrogen and oxygen atoms in total. The van der Waals surface area contributed by atoms with Crippen LogP contribution in [0.2, 0.25) is 0 Å². The summed E-state index contributed by atoms with van der Waals surface area (Å²) < 4.78 is 0. The number of anilines is 1. The summed E-state index contributed by atoms with van der Waals surface area (Å²) in [6.45, 7) is 1.86. The van der Waals surface area contributed by atoms with Gasteiger partial charge in [-0.25, -0.2) is 0 Å². The van der Waals surface area contributed by atoms with Crippen molar-refractivity contribution in [3.8, 4) is 17.6 Å². The molecule has 2 rings (SSSR count). The van der Waals surface area contributed by atoms with Crippen LogP contribution < -0.4 is 5.32 Å². The molecule has 0 aliphatic heterocycles. The van der Waals surface area contributed by atoms with Crippen LogP contribution in [0.1, 0.15) is 11.1 Å². The molecule has 0 spiro atoms. The summed E-state index contributed by atoms with van der Waals surface area (Å²) >= 11 is 0. The number of nitrogens with one attached hydrogen (secondary N) is 1. The first kappa shape index (κ1) is 12.7. The first-order valence-electron chi connectivity index (χ1n) is 5.83. The first-order chi connectivity index (χ1) is 9.15. The third kappa shape index (κ3) is 3.62. The zero-order valence-electron chi connectivity index (χ0n) is 10.5. The van der Waals surface area contributed by atoms with Gasteiger partial charge in [0.2, 0.25) is 0 Å². The Morgan fingerprint density at radius 2 is 1.89 bits per heavy atom. The topological polar surface area (TPSA) is 49.3 Å². The van der Waals surface area contributed by atoms with Gasteiger partial charge in [0.25, 0.3) is 0 Å². The highest BCUT2D eigenvalue weighted by Crippen LogP contribution is 2.23. The predicted molar refractivity (Wildman–Crippen MR) is 74.8 cm³/mol. The molecule has 19 heavy (non-hydrogen) atoms. The van der Waals surface area contributed by atoms with Crippen LogP contribution in [0.15, 0.2) is 48.5 Å². The largest absolute Gasteiger partial charge is 0.506 e. The van der Waals surface area contributed by atoms with Crippen LogP contribution in [0, 0.1) is 18.8 Å². The highest BCUT2D eigenvalue weighted by Gasteiger charge is 2.03. The molecular weight excluding hydrogens is 238 g/mol. The molecule has 0 saturated carbocycles. The van der Waals surface area contributed by atoms with Gasteiger partial charge in [-0.05, 0) is 36.8 Å². The van der Waals surface area contributed by atoms with Crippen molar-refractivity contribution in [1.29, 1.82) is 0 Å². The fraction of sp³-hybridized carbons (Fsp3) is 0.0625. The van der Waals surface area contributed by atoms with Gasteiger partial charge in [0.05, 0.1) is 5.69 Å². The van der Waals surface area contributed by atoms with E-state index in [1.165, 1.54) is 0 Å². The van der Waals surface area contributed by atoms with Crippen LogP contribution in [0.3, 0.4) is 0 Å². The minimum Gasteiger partial charge on any atom is -0.506 e. The summed E-state index contributed by atoms with van der Waals surface area (Å²) in [5.74, 6) is 4.81. The molecule has 0 radical (unpaired) electrons. The minimum absolute atomic E-state index is 0.0369. The average molecular weight is 251 g/mol. The Kier molecular flexibility index (Phi) is 3.84. The molecule has 2 aromatic rings. The summed E-state index contributed by atoms with van der Waals surface area (Å²) in [6, 6.07) is 14.3. The summed E-state index contributed by atoms with van der Waals surface area (Å²) in [5, 5.41) is 12.2. The Morgan fingerprint density at radius 3 is 2.58 bits per heavy atom. The number of aryl methyl sites for hydroxylation is 1. The molecule has 2 aromatic carbocycles. The zero-order chi connectivity index (χ0) is 13.7. The lowest BCUT2D eigenvalue weighted by molar-refractivity contribution is -0.111. The van der Waals surface area contributed by atoms with E-state index in [4.69, 9.17) is 0 Å². The number of hydrogen-bond donors (Lipinski definition) is 2. The lowest BCUT2D eigenvalue weighted by Gasteiger charge is -2.04. The summed E-state index contributed by atoms with van der Waals surface area (Å²) in [4.78, 5) is 11.6. The van der Waals surface area contributed by atoms with Crippen molar-refractivity contribution in [3.05, 3.63) is 59.7 Å². The van der Waals surface area contributed by atoms with E-state index >= 15 is 0 Å². The monoisotopic (exact) mass is 251 g/mol. The fourth-order valence-electron chi connectivity index (χ4n) is 1.55. The molecule has 0 heterocycles. The molecule has 0 atom stereocenters. The molecule has 0 unspecified atom stereocenters. The number of hydrogen-bond acceptors (Lipinski definition) is 2. The third-order valence-electron chi connectivity index (χ3n) is 2.50. The Labute approximate surface area is 111 Å². The van der Waals surface area contributed by atoms with Crippen LogP contribution in [0.5, 0.6) is 5.75 Å². The molecule has 0 aromatic heterocycles. The predicted octanol–water partition coefficient (Wildman–Crippen LogP) is 2.69. The number of benzene rings is 2. The normalized spacial score (nSPS) is 9.32. The summed E-state index contributed by atoms with van der Waals surface area (Å²) in [6.07, 6.45) is 0. The number of carbonyl (C=O) groups excluding carboxylic acids is 1. The molecule has 0 fully saturated rings. The van der Waals surface area contributed by atoms with Crippen molar-refractivity contribution in [3.63, 3.8) is 0 Å². The van der Waals surface area contributed by atoms with E-state index in [0.29, 0.717) is 5.69 Å². The number of rotatable bonds is 1. The maximum atomic E-state index is 11.6. The lowest BCUT2D eigenvalue weighted by Crippen LogP contribution is -2.08. The van der Waals surface area contributed by atoms with Crippen LogP contribution in [-0.4, -0.2) is 11.0 Å². The number of carbonyl (C=O) groups is 1. The maximum Gasteiger partial charge on any atom is 0.300 e. The molecule has 2 N–H and O–H groups in total. The SMILES string of the molecule is Cc1ccc(NC(=O)C#Cc2ccccc2)c(O)c1. The molecule has 0 aliphatic carbocycles. The van der Waals surface area contributed by atoms with Crippen molar-refractivity contribution >= 4 is 11.6 Å². The zero-order valence-corrected chi connectivity index (χ0v) is 10.5. The Hall–Kier alpha value is -2.73. The molecule has 0 aliphatic rings. The highest BCUT2D eigenvalue weighted by molar-refractivity contribution is 6.05. The van der Waals surface area contributed by atoms with Crippen molar-refractivity contribution in [1.82, 2.24) is 0 Å². The van der Waals surface area contributed by atoms with Gasteiger partial charge in [0.1, 0.15) is 5.75 Å². The Balaban J connectivity index is 2.08. The van der Waals surface area contributed by atoms with Gasteiger partial charge in [-0.15, -0.1) is 0 Å². The fourth-order valence-corrected chi connectivity index (χ4v) is 1.55. The lowest BCUT2D eigenvalue weighted by atomic mass is 10.2. The Bertz CT molecular complexity index is 651. The van der Waals surface area contributed by atoms with Crippen LogP contribution >= 0.6 is 0 Å². The van der Waals surface area contributed by atoms with Gasteiger partial charge in [0, 0.05) is 11.5 Å². The first-order valence-corrected chi connectivity index (χ1v) is 5.83. The average Bonchev–Trinajstić information content (AvgIpc) is 2.41. The van der Waals surface area contributed by atoms with Gasteiger partial charge in [-0.1, -0.05) is 30.2 Å².